The van der Waals surface area contributed by atoms with Gasteiger partial charge in [0.05, 0.1) is 0 Å². The van der Waals surface area contributed by atoms with E-state index in [1.165, 1.54) is 12.3 Å². The van der Waals surface area contributed by atoms with Crippen LogP contribution in [0.1, 0.15) is 22.8 Å². The maximum Gasteiger partial charge on any atom is 0.328 e. The SMILES string of the molecule is CC1CSCCN1C(=O)c1ccncc1C=CC(=O)O. The zero-order valence-corrected chi connectivity index (χ0v) is 12.0. The monoisotopic (exact) mass is 292 g/mol. The molecule has 0 bridgehead atoms. The Labute approximate surface area is 121 Å². The zero-order chi connectivity index (χ0) is 14.5. The first-order valence-electron chi connectivity index (χ1n) is 6.33. The molecule has 6 heteroatoms. The Hall–Kier alpha value is -1.82. The van der Waals surface area contributed by atoms with Gasteiger partial charge in [-0.15, -0.1) is 0 Å². The van der Waals surface area contributed by atoms with E-state index in [4.69, 9.17) is 5.11 Å². The maximum absolute atomic E-state index is 12.6. The van der Waals surface area contributed by atoms with Gasteiger partial charge in [0.25, 0.3) is 5.91 Å². The molecule has 1 saturated heterocycles. The summed E-state index contributed by atoms with van der Waals surface area (Å²) < 4.78 is 0. The Morgan fingerprint density at radius 3 is 3.05 bits per heavy atom. The fraction of sp³-hybridized carbons (Fsp3) is 0.357. The number of hydrogen-bond acceptors (Lipinski definition) is 4. The summed E-state index contributed by atoms with van der Waals surface area (Å²) in [6.45, 7) is 2.74. The highest BCUT2D eigenvalue weighted by atomic mass is 32.2. The smallest absolute Gasteiger partial charge is 0.328 e. The quantitative estimate of drug-likeness (QED) is 0.860. The predicted molar refractivity (Wildman–Crippen MR) is 78.7 cm³/mol. The second-order valence-corrected chi connectivity index (χ2v) is 5.71. The minimum Gasteiger partial charge on any atom is -0.478 e. The van der Waals surface area contributed by atoms with Crippen LogP contribution in [0, 0.1) is 0 Å². The molecule has 1 unspecified atom stereocenters. The van der Waals surface area contributed by atoms with Crippen LogP contribution in [0.4, 0.5) is 0 Å². The van der Waals surface area contributed by atoms with Crippen molar-refractivity contribution in [3.63, 3.8) is 0 Å². The zero-order valence-electron chi connectivity index (χ0n) is 11.2. The molecule has 1 atom stereocenters. The number of pyridine rings is 1. The molecule has 5 nitrogen and oxygen atoms in total. The first kappa shape index (κ1) is 14.6. The Morgan fingerprint density at radius 1 is 1.55 bits per heavy atom. The number of thioether (sulfide) groups is 1. The molecule has 1 fully saturated rings. The second-order valence-electron chi connectivity index (χ2n) is 4.56. The van der Waals surface area contributed by atoms with Crippen molar-refractivity contribution in [3.8, 4) is 0 Å². The van der Waals surface area contributed by atoms with E-state index >= 15 is 0 Å². The minimum absolute atomic E-state index is 0.0646. The van der Waals surface area contributed by atoms with Gasteiger partial charge >= 0.3 is 5.97 Å². The van der Waals surface area contributed by atoms with Crippen LogP contribution < -0.4 is 0 Å². The highest BCUT2D eigenvalue weighted by Crippen LogP contribution is 2.20. The molecule has 1 amide bonds. The van der Waals surface area contributed by atoms with Gasteiger partial charge < -0.3 is 10.0 Å². The molecule has 1 aromatic heterocycles. The molecule has 0 aromatic carbocycles. The lowest BCUT2D eigenvalue weighted by Crippen LogP contribution is -2.44. The standard InChI is InChI=1S/C14H16N2O3S/c1-10-9-20-7-6-16(10)14(19)12-4-5-15-8-11(12)2-3-13(17)18/h2-5,8,10H,6-7,9H2,1H3,(H,17,18). The molecule has 1 N–H and O–H groups in total. The molecule has 2 rings (SSSR count). The Morgan fingerprint density at radius 2 is 2.35 bits per heavy atom. The van der Waals surface area contributed by atoms with Crippen molar-refractivity contribution in [2.75, 3.05) is 18.1 Å². The molecular weight excluding hydrogens is 276 g/mol. The van der Waals surface area contributed by atoms with Crippen LogP contribution in [0.2, 0.25) is 0 Å². The van der Waals surface area contributed by atoms with E-state index < -0.39 is 5.97 Å². The van der Waals surface area contributed by atoms with Crippen molar-refractivity contribution >= 4 is 29.7 Å². The summed E-state index contributed by atoms with van der Waals surface area (Å²) in [5.74, 6) is 0.749. The van der Waals surface area contributed by atoms with E-state index in [0.29, 0.717) is 11.1 Å². The molecule has 2 heterocycles. The lowest BCUT2D eigenvalue weighted by atomic mass is 10.1. The molecule has 1 aromatic rings. The molecule has 106 valence electrons. The van der Waals surface area contributed by atoms with E-state index in [9.17, 15) is 9.59 Å². The van der Waals surface area contributed by atoms with Gasteiger partial charge in [-0.1, -0.05) is 0 Å². The number of carbonyl (C=O) groups is 2. The third-order valence-electron chi connectivity index (χ3n) is 3.12. The van der Waals surface area contributed by atoms with Gasteiger partial charge in [-0.3, -0.25) is 9.78 Å². The Kier molecular flexibility index (Phi) is 4.79. The lowest BCUT2D eigenvalue weighted by Gasteiger charge is -2.33. The lowest BCUT2D eigenvalue weighted by molar-refractivity contribution is -0.131. The number of carboxylic acids is 1. The van der Waals surface area contributed by atoms with E-state index in [-0.39, 0.29) is 11.9 Å². The fourth-order valence-corrected chi connectivity index (χ4v) is 3.09. The van der Waals surface area contributed by atoms with E-state index in [2.05, 4.69) is 4.98 Å². The molecule has 1 aliphatic heterocycles. The average Bonchev–Trinajstić information content (AvgIpc) is 2.45. The fourth-order valence-electron chi connectivity index (χ4n) is 2.08. The summed E-state index contributed by atoms with van der Waals surface area (Å²) >= 11 is 1.84. The van der Waals surface area contributed by atoms with Gasteiger partial charge in [-0.2, -0.15) is 11.8 Å². The third-order valence-corrected chi connectivity index (χ3v) is 4.31. The molecule has 20 heavy (non-hydrogen) atoms. The number of rotatable bonds is 3. The van der Waals surface area contributed by atoms with Crippen molar-refractivity contribution < 1.29 is 14.7 Å². The molecule has 0 saturated carbocycles. The van der Waals surface area contributed by atoms with Crippen LogP contribution in [0.5, 0.6) is 0 Å². The van der Waals surface area contributed by atoms with Crippen molar-refractivity contribution in [2.45, 2.75) is 13.0 Å². The number of nitrogens with zero attached hydrogens (tertiary/aromatic N) is 2. The number of hydrogen-bond donors (Lipinski definition) is 1. The summed E-state index contributed by atoms with van der Waals surface area (Å²) in [6.07, 6.45) is 5.49. The van der Waals surface area contributed by atoms with Gasteiger partial charge in [0.15, 0.2) is 0 Å². The topological polar surface area (TPSA) is 70.5 Å². The molecule has 1 aliphatic rings. The number of carboxylic acid groups (broad SMARTS) is 1. The summed E-state index contributed by atoms with van der Waals surface area (Å²) in [5.41, 5.74) is 1.03. The van der Waals surface area contributed by atoms with Gasteiger partial charge in [0, 0.05) is 53.7 Å². The number of aromatic nitrogens is 1. The summed E-state index contributed by atoms with van der Waals surface area (Å²) in [5, 5.41) is 8.69. The number of amides is 1. The molecule has 0 aliphatic carbocycles. The average molecular weight is 292 g/mol. The van der Waals surface area contributed by atoms with Crippen LogP contribution in [0.15, 0.2) is 24.5 Å². The summed E-state index contributed by atoms with van der Waals surface area (Å²) in [7, 11) is 0. The van der Waals surface area contributed by atoms with E-state index in [1.54, 1.807) is 12.3 Å². The number of carbonyl (C=O) groups excluding carboxylic acids is 1. The Bertz CT molecular complexity index is 545. The summed E-state index contributed by atoms with van der Waals surface area (Å²) in [6, 6.07) is 1.82. The van der Waals surface area contributed by atoms with Crippen LogP contribution >= 0.6 is 11.8 Å². The van der Waals surface area contributed by atoms with Crippen LogP contribution in [0.25, 0.3) is 6.08 Å². The molecule has 0 spiro atoms. The first-order chi connectivity index (χ1) is 9.59. The van der Waals surface area contributed by atoms with Crippen LogP contribution in [0.3, 0.4) is 0 Å². The third kappa shape index (κ3) is 3.39. The van der Waals surface area contributed by atoms with E-state index in [1.807, 2.05) is 23.6 Å². The molecular formula is C14H16N2O3S. The van der Waals surface area contributed by atoms with Gasteiger partial charge in [0.2, 0.25) is 0 Å². The largest absolute Gasteiger partial charge is 0.478 e. The van der Waals surface area contributed by atoms with Crippen LogP contribution in [-0.4, -0.2) is 51.0 Å². The first-order valence-corrected chi connectivity index (χ1v) is 7.49. The normalized spacial score (nSPS) is 19.2. The van der Waals surface area contributed by atoms with Gasteiger partial charge in [-0.05, 0) is 19.1 Å². The summed E-state index contributed by atoms with van der Waals surface area (Å²) in [4.78, 5) is 29.0. The highest BCUT2D eigenvalue weighted by Gasteiger charge is 2.25. The minimum atomic E-state index is -1.05. The van der Waals surface area contributed by atoms with Crippen molar-refractivity contribution in [1.82, 2.24) is 9.88 Å². The van der Waals surface area contributed by atoms with Gasteiger partial charge in [0.1, 0.15) is 0 Å². The second kappa shape index (κ2) is 6.56. The predicted octanol–water partition coefficient (Wildman–Crippen LogP) is 1.76. The maximum atomic E-state index is 12.6. The van der Waals surface area contributed by atoms with Crippen molar-refractivity contribution in [2.24, 2.45) is 0 Å². The van der Waals surface area contributed by atoms with Crippen molar-refractivity contribution in [1.29, 1.82) is 0 Å². The van der Waals surface area contributed by atoms with Crippen molar-refractivity contribution in [3.05, 3.63) is 35.7 Å². The molecule has 0 radical (unpaired) electrons. The number of aliphatic carboxylic acids is 1. The van der Waals surface area contributed by atoms with Gasteiger partial charge in [-0.25, -0.2) is 4.79 Å². The van der Waals surface area contributed by atoms with E-state index in [0.717, 1.165) is 24.1 Å². The Balaban J connectivity index is 2.27. The highest BCUT2D eigenvalue weighted by molar-refractivity contribution is 7.99. The van der Waals surface area contributed by atoms with Crippen LogP contribution in [-0.2, 0) is 4.79 Å².